The average molecular weight is 643 g/mol. The molecule has 8 atom stereocenters. The van der Waals surface area contributed by atoms with Crippen molar-refractivity contribution in [3.8, 4) is 0 Å². The Labute approximate surface area is 280 Å². The van der Waals surface area contributed by atoms with Crippen molar-refractivity contribution in [1.82, 2.24) is 14.9 Å². The molecule has 47 heavy (non-hydrogen) atoms. The molecule has 0 bridgehead atoms. The Kier molecular flexibility index (Phi) is 8.02. The van der Waals surface area contributed by atoms with E-state index in [1.165, 1.54) is 31.3 Å². The second-order valence-electron chi connectivity index (χ2n) is 16.5. The molecular formula is C38H54N6O3. The molecule has 254 valence electrons. The van der Waals surface area contributed by atoms with Gasteiger partial charge in [0.15, 0.2) is 11.6 Å². The maximum atomic E-state index is 14.3. The van der Waals surface area contributed by atoms with Gasteiger partial charge >= 0.3 is 0 Å². The first-order valence-electron chi connectivity index (χ1n) is 18.7. The fraction of sp³-hybridized carbons (Fsp3) is 0.737. The normalized spacial score (nSPS) is 38.8. The van der Waals surface area contributed by atoms with E-state index in [0.717, 1.165) is 89.2 Å². The van der Waals surface area contributed by atoms with Gasteiger partial charge in [-0.3, -0.25) is 14.5 Å². The molecule has 6 fully saturated rings. The zero-order valence-electron chi connectivity index (χ0n) is 28.7. The van der Waals surface area contributed by atoms with Gasteiger partial charge in [0.1, 0.15) is 11.6 Å². The fourth-order valence-corrected chi connectivity index (χ4v) is 11.6. The zero-order chi connectivity index (χ0) is 32.5. The van der Waals surface area contributed by atoms with Crippen molar-refractivity contribution in [1.29, 1.82) is 0 Å². The average Bonchev–Trinajstić information content (AvgIpc) is 3.83. The Morgan fingerprint density at radius 2 is 1.57 bits per heavy atom. The van der Waals surface area contributed by atoms with Crippen LogP contribution >= 0.6 is 0 Å². The van der Waals surface area contributed by atoms with Gasteiger partial charge in [0.2, 0.25) is 5.95 Å². The summed E-state index contributed by atoms with van der Waals surface area (Å²) in [7, 11) is 0. The number of ketones is 2. The molecule has 1 N–H and O–H groups in total. The minimum atomic E-state index is -0.472. The molecule has 1 aromatic rings. The number of aliphatic hydroxyl groups is 1. The first-order valence-corrected chi connectivity index (χ1v) is 18.7. The van der Waals surface area contributed by atoms with Gasteiger partial charge in [-0.15, -0.1) is 0 Å². The maximum Gasteiger partial charge on any atom is 0.229 e. The van der Waals surface area contributed by atoms with E-state index in [4.69, 9.17) is 9.97 Å². The minimum absolute atomic E-state index is 0.0257. The SMILES string of the molecule is C[C@@H]1C[C@H]2[C@@H]3CCC4=CC(=O)C=C[C@]4(C)[C@H]3[C@H](O)C[C@]2(C)[C@H]1C(=O)CN1CCN(c2cc(N3CCCC3)nc(N3CCCC3)n2)CC1. The molecule has 0 aromatic carbocycles. The first kappa shape index (κ1) is 31.5. The lowest BCUT2D eigenvalue weighted by atomic mass is 9.46. The summed E-state index contributed by atoms with van der Waals surface area (Å²) in [6, 6.07) is 2.19. The summed E-state index contributed by atoms with van der Waals surface area (Å²) in [4.78, 5) is 46.1. The van der Waals surface area contributed by atoms with Crippen molar-refractivity contribution in [2.24, 2.45) is 40.4 Å². The largest absolute Gasteiger partial charge is 0.393 e. The molecule has 7 aliphatic rings. The molecule has 4 aliphatic carbocycles. The topological polar surface area (TPSA) is 93.1 Å². The van der Waals surface area contributed by atoms with Gasteiger partial charge in [-0.1, -0.05) is 32.4 Å². The van der Waals surface area contributed by atoms with Crippen LogP contribution in [-0.2, 0) is 9.59 Å². The van der Waals surface area contributed by atoms with Gasteiger partial charge in [0.05, 0.1) is 12.6 Å². The van der Waals surface area contributed by atoms with E-state index in [9.17, 15) is 14.7 Å². The van der Waals surface area contributed by atoms with Crippen molar-refractivity contribution in [3.05, 3.63) is 29.9 Å². The smallest absolute Gasteiger partial charge is 0.229 e. The van der Waals surface area contributed by atoms with Gasteiger partial charge < -0.3 is 19.8 Å². The van der Waals surface area contributed by atoms with Gasteiger partial charge in [-0.05, 0) is 86.7 Å². The highest BCUT2D eigenvalue weighted by atomic mass is 16.3. The van der Waals surface area contributed by atoms with Crippen LogP contribution in [0.1, 0.15) is 72.1 Å². The van der Waals surface area contributed by atoms with Crippen molar-refractivity contribution in [3.63, 3.8) is 0 Å². The molecule has 0 spiro atoms. The molecule has 4 heterocycles. The molecule has 0 unspecified atom stereocenters. The number of fused-ring (bicyclic) bond motifs is 5. The third kappa shape index (κ3) is 5.34. The molecule has 3 saturated carbocycles. The summed E-state index contributed by atoms with van der Waals surface area (Å²) in [6.45, 7) is 14.9. The van der Waals surface area contributed by atoms with Gasteiger partial charge in [0.25, 0.3) is 0 Å². The van der Waals surface area contributed by atoms with Crippen molar-refractivity contribution in [2.75, 3.05) is 73.6 Å². The lowest BCUT2D eigenvalue weighted by Gasteiger charge is -2.58. The lowest BCUT2D eigenvalue weighted by Crippen LogP contribution is -2.57. The number of carbonyl (C=O) groups is 2. The van der Waals surface area contributed by atoms with Gasteiger partial charge in [-0.2, -0.15) is 9.97 Å². The molecule has 0 amide bonds. The van der Waals surface area contributed by atoms with E-state index in [1.54, 1.807) is 6.08 Å². The molecule has 0 radical (unpaired) electrons. The van der Waals surface area contributed by atoms with Crippen LogP contribution in [0.15, 0.2) is 29.9 Å². The number of rotatable bonds is 6. The number of anilines is 3. The number of aromatic nitrogens is 2. The number of aliphatic hydroxyl groups excluding tert-OH is 1. The standard InChI is InChI=1S/C38H54N6O3/c1-25-20-29-28-9-8-26-21-27(45)10-11-37(26,2)35(28)30(46)23-38(29,3)34(25)31(47)24-41-16-18-43(19-17-41)33-22-32(42-12-4-5-13-42)39-36(40-33)44-14-6-7-15-44/h10-11,21-22,25,28-30,34-35,46H,4-9,12-20,23-24H2,1-3H3/t25-,28+,29+,30-,34-,35-,37+,38+/m1/s1. The molecule has 9 heteroatoms. The van der Waals surface area contributed by atoms with Gasteiger partial charge in [-0.25, -0.2) is 0 Å². The summed E-state index contributed by atoms with van der Waals surface area (Å²) < 4.78 is 0. The number of piperazine rings is 1. The van der Waals surface area contributed by atoms with E-state index < -0.39 is 6.10 Å². The van der Waals surface area contributed by atoms with E-state index in [2.05, 4.69) is 52.5 Å². The van der Waals surface area contributed by atoms with Crippen LogP contribution in [0.25, 0.3) is 0 Å². The van der Waals surface area contributed by atoms with E-state index in [1.807, 2.05) is 6.08 Å². The Balaban J connectivity index is 0.945. The van der Waals surface area contributed by atoms with Crippen molar-refractivity contribution in [2.45, 2.75) is 78.2 Å². The Morgan fingerprint density at radius 1 is 0.936 bits per heavy atom. The number of hydrogen-bond donors (Lipinski definition) is 1. The van der Waals surface area contributed by atoms with Crippen molar-refractivity contribution < 1.29 is 14.7 Å². The second kappa shape index (κ2) is 12.0. The number of Topliss-reactive ketones (excluding diaryl/α,β-unsaturated/α-hetero) is 1. The quantitative estimate of drug-likeness (QED) is 0.481. The maximum absolute atomic E-state index is 14.3. The Bertz CT molecular complexity index is 1420. The molecule has 9 nitrogen and oxygen atoms in total. The summed E-state index contributed by atoms with van der Waals surface area (Å²) >= 11 is 0. The highest BCUT2D eigenvalue weighted by molar-refractivity contribution is 6.01. The molecule has 3 saturated heterocycles. The van der Waals surface area contributed by atoms with Crippen LogP contribution in [0.4, 0.5) is 17.6 Å². The number of carbonyl (C=O) groups excluding carboxylic acids is 2. The van der Waals surface area contributed by atoms with Crippen LogP contribution in [0.3, 0.4) is 0 Å². The molecule has 3 aliphatic heterocycles. The Hall–Kier alpha value is -2.78. The molecule has 1 aromatic heterocycles. The zero-order valence-corrected chi connectivity index (χ0v) is 28.7. The lowest BCUT2D eigenvalue weighted by molar-refractivity contribution is -0.141. The number of hydrogen-bond acceptors (Lipinski definition) is 9. The van der Waals surface area contributed by atoms with Crippen LogP contribution in [0.5, 0.6) is 0 Å². The van der Waals surface area contributed by atoms with E-state index in [0.29, 0.717) is 36.5 Å². The summed E-state index contributed by atoms with van der Waals surface area (Å²) in [5.74, 6) is 4.59. The Morgan fingerprint density at radius 3 is 2.26 bits per heavy atom. The highest BCUT2D eigenvalue weighted by Crippen LogP contribution is 2.67. The van der Waals surface area contributed by atoms with Crippen LogP contribution in [0.2, 0.25) is 0 Å². The summed E-state index contributed by atoms with van der Waals surface area (Å²) in [5.41, 5.74) is 0.730. The summed E-state index contributed by atoms with van der Waals surface area (Å²) in [6.07, 6.45) is 13.6. The number of allylic oxidation sites excluding steroid dienone is 4. The molecule has 8 rings (SSSR count). The van der Waals surface area contributed by atoms with Crippen LogP contribution in [-0.4, -0.2) is 96.5 Å². The van der Waals surface area contributed by atoms with Crippen LogP contribution < -0.4 is 14.7 Å². The van der Waals surface area contributed by atoms with Gasteiger partial charge in [0, 0.05) is 75.7 Å². The highest BCUT2D eigenvalue weighted by Gasteiger charge is 2.64. The van der Waals surface area contributed by atoms with E-state index >= 15 is 0 Å². The monoisotopic (exact) mass is 642 g/mol. The predicted molar refractivity (Wildman–Crippen MR) is 185 cm³/mol. The first-order chi connectivity index (χ1) is 22.6. The van der Waals surface area contributed by atoms with E-state index in [-0.39, 0.29) is 28.4 Å². The minimum Gasteiger partial charge on any atom is -0.393 e. The summed E-state index contributed by atoms with van der Waals surface area (Å²) in [5, 5.41) is 11.8. The fourth-order valence-electron chi connectivity index (χ4n) is 11.6. The number of nitrogens with zero attached hydrogens (tertiary/aromatic N) is 6. The van der Waals surface area contributed by atoms with Crippen molar-refractivity contribution >= 4 is 29.2 Å². The molecular weight excluding hydrogens is 588 g/mol. The second-order valence-corrected chi connectivity index (χ2v) is 16.5. The van der Waals surface area contributed by atoms with Crippen LogP contribution in [0, 0.1) is 40.4 Å². The third-order valence-electron chi connectivity index (χ3n) is 13.8. The third-order valence-corrected chi connectivity index (χ3v) is 13.8. The predicted octanol–water partition coefficient (Wildman–Crippen LogP) is 4.51.